The fourth-order valence-electron chi connectivity index (χ4n) is 2.18. The largest absolute Gasteiger partial charge is 0.435 e. The van der Waals surface area contributed by atoms with Crippen molar-refractivity contribution in [2.45, 2.75) is 12.7 Å². The van der Waals surface area contributed by atoms with Crippen LogP contribution >= 0.6 is 27.3 Å². The molecule has 0 atom stereocenters. The summed E-state index contributed by atoms with van der Waals surface area (Å²) in [5, 5.41) is 9.13. The molecular weight excluding hydrogens is 440 g/mol. The zero-order chi connectivity index (χ0) is 18.9. The molecule has 3 aromatic rings. The van der Waals surface area contributed by atoms with Crippen molar-refractivity contribution >= 4 is 33.2 Å². The fraction of sp³-hybridized carbons (Fsp3) is 0.133. The van der Waals surface area contributed by atoms with Gasteiger partial charge in [0.1, 0.15) is 5.82 Å². The Balaban J connectivity index is 1.93. The van der Waals surface area contributed by atoms with E-state index in [1.54, 1.807) is 12.1 Å². The molecule has 2 heterocycles. The van der Waals surface area contributed by atoms with Crippen LogP contribution in [0.3, 0.4) is 0 Å². The van der Waals surface area contributed by atoms with E-state index in [-0.39, 0.29) is 12.2 Å². The number of hydrogen-bond acceptors (Lipinski definition) is 4. The van der Waals surface area contributed by atoms with Gasteiger partial charge in [0, 0.05) is 4.88 Å². The molecule has 2 aromatic heterocycles. The van der Waals surface area contributed by atoms with E-state index in [1.165, 1.54) is 23.5 Å². The molecule has 3 rings (SSSR count). The summed E-state index contributed by atoms with van der Waals surface area (Å²) in [6.45, 7) is 0.0409. The van der Waals surface area contributed by atoms with Crippen LogP contribution in [0, 0.1) is 5.82 Å². The van der Waals surface area contributed by atoms with E-state index in [1.807, 2.05) is 0 Å². The molecule has 0 radical (unpaired) electrons. The number of nitrogens with one attached hydrogen (secondary N) is 1. The van der Waals surface area contributed by atoms with Gasteiger partial charge in [0.15, 0.2) is 11.4 Å². The fourth-order valence-corrected chi connectivity index (χ4v) is 3.60. The van der Waals surface area contributed by atoms with Crippen LogP contribution in [-0.2, 0) is 12.7 Å². The number of nitrogens with zero attached hydrogens (tertiary/aromatic N) is 3. The second-order valence-electron chi connectivity index (χ2n) is 5.06. The third-order valence-electron chi connectivity index (χ3n) is 3.26. The minimum atomic E-state index is -4.91. The molecule has 0 fully saturated rings. The van der Waals surface area contributed by atoms with Crippen LogP contribution in [0.5, 0.6) is 0 Å². The summed E-state index contributed by atoms with van der Waals surface area (Å²) in [7, 11) is 0. The van der Waals surface area contributed by atoms with Crippen LogP contribution in [0.2, 0.25) is 0 Å². The van der Waals surface area contributed by atoms with Crippen molar-refractivity contribution in [2.75, 3.05) is 0 Å². The molecule has 0 spiro atoms. The minimum absolute atomic E-state index is 0.0409. The summed E-state index contributed by atoms with van der Waals surface area (Å²) >= 11 is 4.59. The van der Waals surface area contributed by atoms with Crippen molar-refractivity contribution in [2.24, 2.45) is 0 Å². The highest BCUT2D eigenvalue weighted by Gasteiger charge is 2.42. The van der Waals surface area contributed by atoms with Crippen molar-refractivity contribution in [1.29, 1.82) is 0 Å². The van der Waals surface area contributed by atoms with Gasteiger partial charge >= 0.3 is 6.18 Å². The van der Waals surface area contributed by atoms with Crippen LogP contribution in [0.1, 0.15) is 21.1 Å². The van der Waals surface area contributed by atoms with E-state index in [0.717, 1.165) is 20.8 Å². The number of rotatable bonds is 4. The molecule has 0 unspecified atom stereocenters. The highest BCUT2D eigenvalue weighted by Crippen LogP contribution is 2.33. The highest BCUT2D eigenvalue weighted by atomic mass is 79.9. The van der Waals surface area contributed by atoms with Crippen molar-refractivity contribution in [3.63, 3.8) is 0 Å². The van der Waals surface area contributed by atoms with E-state index in [0.29, 0.717) is 4.68 Å². The molecule has 26 heavy (non-hydrogen) atoms. The lowest BCUT2D eigenvalue weighted by Gasteiger charge is -2.11. The molecule has 5 nitrogen and oxygen atoms in total. The maximum Gasteiger partial charge on any atom is 0.435 e. The first-order chi connectivity index (χ1) is 12.3. The first-order valence-corrected chi connectivity index (χ1v) is 8.68. The van der Waals surface area contributed by atoms with Gasteiger partial charge in [0.25, 0.3) is 5.91 Å². The Labute approximate surface area is 156 Å². The minimum Gasteiger partial charge on any atom is -0.346 e. The molecule has 0 saturated heterocycles. The van der Waals surface area contributed by atoms with Gasteiger partial charge in [-0.2, -0.15) is 13.2 Å². The van der Waals surface area contributed by atoms with Gasteiger partial charge in [0.2, 0.25) is 0 Å². The Morgan fingerprint density at radius 3 is 2.65 bits per heavy atom. The number of benzene rings is 1. The normalized spacial score (nSPS) is 11.6. The monoisotopic (exact) mass is 448 g/mol. The molecule has 0 aliphatic heterocycles. The lowest BCUT2D eigenvalue weighted by atomic mass is 10.2. The zero-order valence-corrected chi connectivity index (χ0v) is 15.1. The predicted octanol–water partition coefficient (Wildman–Crippen LogP) is 4.18. The van der Waals surface area contributed by atoms with Gasteiger partial charge in [-0.1, -0.05) is 11.3 Å². The first kappa shape index (κ1) is 18.5. The Morgan fingerprint density at radius 2 is 2.04 bits per heavy atom. The van der Waals surface area contributed by atoms with Crippen LogP contribution in [0.25, 0.3) is 5.69 Å². The average molecular weight is 449 g/mol. The third kappa shape index (κ3) is 3.93. The first-order valence-electron chi connectivity index (χ1n) is 7.07. The third-order valence-corrected chi connectivity index (χ3v) is 4.88. The number of halogens is 5. The van der Waals surface area contributed by atoms with Gasteiger partial charge in [-0.05, 0) is 46.3 Å². The summed E-state index contributed by atoms with van der Waals surface area (Å²) in [5.41, 5.74) is -2.43. The molecule has 0 saturated carbocycles. The maximum atomic E-state index is 13.5. The summed E-state index contributed by atoms with van der Waals surface area (Å²) in [4.78, 5) is 12.9. The van der Waals surface area contributed by atoms with Crippen LogP contribution in [-0.4, -0.2) is 20.9 Å². The maximum absolute atomic E-state index is 13.5. The summed E-state index contributed by atoms with van der Waals surface area (Å²) in [6.07, 6.45) is -4.91. The molecule has 11 heteroatoms. The molecule has 0 bridgehead atoms. The Bertz CT molecular complexity index is 953. The highest BCUT2D eigenvalue weighted by molar-refractivity contribution is 9.11. The molecule has 0 aliphatic carbocycles. The predicted molar refractivity (Wildman–Crippen MR) is 89.5 cm³/mol. The quantitative estimate of drug-likeness (QED) is 0.609. The Morgan fingerprint density at radius 1 is 1.27 bits per heavy atom. The number of carbonyl (C=O) groups excluding carboxylic acids is 1. The average Bonchev–Trinajstić information content (AvgIpc) is 3.18. The van der Waals surface area contributed by atoms with Crippen molar-refractivity contribution in [3.8, 4) is 5.69 Å². The van der Waals surface area contributed by atoms with Gasteiger partial charge in [0.05, 0.1) is 16.0 Å². The Hall–Kier alpha value is -2.27. The molecule has 1 amide bonds. The lowest BCUT2D eigenvalue weighted by Crippen LogP contribution is -2.26. The molecule has 136 valence electrons. The lowest BCUT2D eigenvalue weighted by molar-refractivity contribution is -0.143. The van der Waals surface area contributed by atoms with Crippen LogP contribution in [0.15, 0.2) is 40.2 Å². The van der Waals surface area contributed by atoms with Crippen molar-refractivity contribution < 1.29 is 22.4 Å². The second-order valence-corrected chi connectivity index (χ2v) is 7.61. The van der Waals surface area contributed by atoms with E-state index in [2.05, 4.69) is 31.6 Å². The Kier molecular flexibility index (Phi) is 5.10. The number of thiophene rings is 1. The number of amides is 1. The van der Waals surface area contributed by atoms with Crippen molar-refractivity contribution in [3.05, 3.63) is 62.3 Å². The number of hydrogen-bond donors (Lipinski definition) is 1. The molecule has 1 aromatic carbocycles. The second kappa shape index (κ2) is 7.16. The standard InChI is InChI=1S/C15H9BrF4N4OS/c16-11-5-4-10(26-11)7-21-14(25)12-13(15(18,19)20)24(23-22-12)9-3-1-2-8(17)6-9/h1-6H,7H2,(H,21,25). The molecular formula is C15H9BrF4N4OS. The van der Waals surface area contributed by atoms with Gasteiger partial charge in [-0.3, -0.25) is 4.79 Å². The van der Waals surface area contributed by atoms with Gasteiger partial charge < -0.3 is 5.32 Å². The summed E-state index contributed by atoms with van der Waals surface area (Å²) < 4.78 is 55.0. The van der Waals surface area contributed by atoms with Crippen LogP contribution in [0.4, 0.5) is 17.6 Å². The van der Waals surface area contributed by atoms with Gasteiger partial charge in [-0.15, -0.1) is 16.4 Å². The number of carbonyl (C=O) groups is 1. The molecule has 0 aliphatic rings. The van der Waals surface area contributed by atoms with E-state index >= 15 is 0 Å². The SMILES string of the molecule is O=C(NCc1ccc(Br)s1)c1nnn(-c2cccc(F)c2)c1C(F)(F)F. The summed E-state index contributed by atoms with van der Waals surface area (Å²) in [5.74, 6) is -1.76. The van der Waals surface area contributed by atoms with E-state index < -0.39 is 29.3 Å². The summed E-state index contributed by atoms with van der Waals surface area (Å²) in [6, 6.07) is 7.91. The van der Waals surface area contributed by atoms with Gasteiger partial charge in [-0.25, -0.2) is 9.07 Å². The van der Waals surface area contributed by atoms with E-state index in [4.69, 9.17) is 0 Å². The number of alkyl halides is 3. The van der Waals surface area contributed by atoms with Crippen LogP contribution < -0.4 is 5.32 Å². The smallest absolute Gasteiger partial charge is 0.346 e. The van der Waals surface area contributed by atoms with E-state index in [9.17, 15) is 22.4 Å². The number of aromatic nitrogens is 3. The molecule has 1 N–H and O–H groups in total. The van der Waals surface area contributed by atoms with Crippen molar-refractivity contribution in [1.82, 2.24) is 20.3 Å². The zero-order valence-electron chi connectivity index (χ0n) is 12.7. The topological polar surface area (TPSA) is 59.8 Å².